The molecule has 0 radical (unpaired) electrons. The van der Waals surface area contributed by atoms with Crippen LogP contribution in [0.25, 0.3) is 0 Å². The van der Waals surface area contributed by atoms with Gasteiger partial charge in [0.25, 0.3) is 0 Å². The molecule has 198 valence electrons. The van der Waals surface area contributed by atoms with Crippen LogP contribution in [0.5, 0.6) is 11.5 Å². The zero-order valence-electron chi connectivity index (χ0n) is 21.8. The first-order chi connectivity index (χ1) is 17.4. The topological polar surface area (TPSA) is 83.8 Å². The highest BCUT2D eigenvalue weighted by atomic mass is 35.5. The number of aromatic hydroxyl groups is 1. The van der Waals surface area contributed by atoms with Crippen LogP contribution in [0.4, 0.5) is 0 Å². The number of carboxylic acid groups (broad SMARTS) is 1. The number of unbranched alkanes of at least 4 members (excludes halogenated alkanes) is 10. The fourth-order valence-corrected chi connectivity index (χ4v) is 4.62. The Morgan fingerprint density at radius 3 is 1.97 bits per heavy atom. The molecule has 0 saturated heterocycles. The van der Waals surface area contributed by atoms with Gasteiger partial charge in [0, 0.05) is 11.1 Å². The summed E-state index contributed by atoms with van der Waals surface area (Å²) in [6.07, 6.45) is 14.9. The number of carbonyl (C=O) groups is 2. The van der Waals surface area contributed by atoms with Gasteiger partial charge in [0.2, 0.25) is 0 Å². The summed E-state index contributed by atoms with van der Waals surface area (Å²) in [5, 5.41) is 20.4. The SMILES string of the molecule is CCCCCCCCc1cc(CCCCCCCC)c(C(=O)Oc2ccc(Cl)cc2O)c(C(=O)O)c1. The van der Waals surface area contributed by atoms with Crippen molar-refractivity contribution in [2.75, 3.05) is 0 Å². The first-order valence-corrected chi connectivity index (χ1v) is 13.8. The van der Waals surface area contributed by atoms with Gasteiger partial charge in [-0.15, -0.1) is 0 Å². The lowest BCUT2D eigenvalue weighted by atomic mass is 9.91. The van der Waals surface area contributed by atoms with Gasteiger partial charge >= 0.3 is 11.9 Å². The molecule has 0 aromatic heterocycles. The van der Waals surface area contributed by atoms with Gasteiger partial charge in [-0.2, -0.15) is 0 Å². The van der Waals surface area contributed by atoms with E-state index in [1.807, 2.05) is 6.07 Å². The quantitative estimate of drug-likeness (QED) is 0.125. The smallest absolute Gasteiger partial charge is 0.344 e. The predicted molar refractivity (Wildman–Crippen MR) is 146 cm³/mol. The highest BCUT2D eigenvalue weighted by Crippen LogP contribution is 2.31. The lowest BCUT2D eigenvalue weighted by molar-refractivity contribution is 0.0665. The van der Waals surface area contributed by atoms with Crippen molar-refractivity contribution >= 4 is 23.5 Å². The summed E-state index contributed by atoms with van der Waals surface area (Å²) in [7, 11) is 0. The maximum atomic E-state index is 13.2. The molecule has 0 saturated carbocycles. The summed E-state index contributed by atoms with van der Waals surface area (Å²) in [5.74, 6) is -2.26. The Labute approximate surface area is 220 Å². The highest BCUT2D eigenvalue weighted by Gasteiger charge is 2.24. The van der Waals surface area contributed by atoms with Crippen molar-refractivity contribution in [1.29, 1.82) is 0 Å². The number of aromatic carboxylic acids is 1. The van der Waals surface area contributed by atoms with Gasteiger partial charge in [0.1, 0.15) is 0 Å². The van der Waals surface area contributed by atoms with Crippen LogP contribution >= 0.6 is 11.6 Å². The summed E-state index contributed by atoms with van der Waals surface area (Å²) in [5.41, 5.74) is 1.66. The molecule has 0 amide bonds. The molecular weight excluding hydrogens is 476 g/mol. The Morgan fingerprint density at radius 1 is 0.806 bits per heavy atom. The van der Waals surface area contributed by atoms with Crippen LogP contribution in [0.2, 0.25) is 5.02 Å². The Morgan fingerprint density at radius 2 is 1.39 bits per heavy atom. The van der Waals surface area contributed by atoms with Crippen molar-refractivity contribution < 1.29 is 24.5 Å². The van der Waals surface area contributed by atoms with E-state index in [1.165, 1.54) is 63.1 Å². The molecule has 0 heterocycles. The summed E-state index contributed by atoms with van der Waals surface area (Å²) >= 11 is 5.88. The van der Waals surface area contributed by atoms with Gasteiger partial charge in [0.15, 0.2) is 11.5 Å². The number of carbonyl (C=O) groups excluding carboxylic acids is 1. The molecule has 5 nitrogen and oxygen atoms in total. The van der Waals surface area contributed by atoms with E-state index in [-0.39, 0.29) is 22.6 Å². The van der Waals surface area contributed by atoms with Crippen LogP contribution < -0.4 is 4.74 Å². The number of phenolic OH excluding ortho intramolecular Hbond substituents is 1. The van der Waals surface area contributed by atoms with Crippen molar-refractivity contribution in [1.82, 2.24) is 0 Å². The van der Waals surface area contributed by atoms with Crippen LogP contribution in [-0.2, 0) is 12.8 Å². The molecule has 0 aliphatic rings. The van der Waals surface area contributed by atoms with Crippen molar-refractivity contribution in [2.45, 2.75) is 104 Å². The third-order valence-corrected chi connectivity index (χ3v) is 6.69. The fourth-order valence-electron chi connectivity index (χ4n) is 4.45. The number of aryl methyl sites for hydroxylation is 2. The fraction of sp³-hybridized carbons (Fsp3) is 0.533. The van der Waals surface area contributed by atoms with Gasteiger partial charge in [-0.05, 0) is 55.0 Å². The summed E-state index contributed by atoms with van der Waals surface area (Å²) in [4.78, 5) is 25.4. The number of halogens is 1. The minimum absolute atomic E-state index is 0.0436. The summed E-state index contributed by atoms with van der Waals surface area (Å²) < 4.78 is 5.44. The third-order valence-electron chi connectivity index (χ3n) is 6.46. The Hall–Kier alpha value is -2.53. The molecule has 0 aliphatic carbocycles. The molecule has 2 rings (SSSR count). The summed E-state index contributed by atoms with van der Waals surface area (Å²) in [6.45, 7) is 4.37. The monoisotopic (exact) mass is 516 g/mol. The van der Waals surface area contributed by atoms with Crippen molar-refractivity contribution in [2.24, 2.45) is 0 Å². The largest absolute Gasteiger partial charge is 0.504 e. The molecule has 0 bridgehead atoms. The number of hydrogen-bond donors (Lipinski definition) is 2. The molecule has 2 N–H and O–H groups in total. The first-order valence-electron chi connectivity index (χ1n) is 13.5. The van der Waals surface area contributed by atoms with Crippen LogP contribution in [0, 0.1) is 0 Å². The number of esters is 1. The number of rotatable bonds is 17. The Bertz CT molecular complexity index is 986. The molecule has 0 unspecified atom stereocenters. The van der Waals surface area contributed by atoms with Gasteiger partial charge in [-0.1, -0.05) is 95.7 Å². The van der Waals surface area contributed by atoms with E-state index in [2.05, 4.69) is 13.8 Å². The van der Waals surface area contributed by atoms with Crippen LogP contribution in [-0.4, -0.2) is 22.2 Å². The molecule has 2 aromatic carbocycles. The number of hydrogen-bond acceptors (Lipinski definition) is 4. The van der Waals surface area contributed by atoms with Gasteiger partial charge < -0.3 is 14.9 Å². The minimum atomic E-state index is -1.16. The van der Waals surface area contributed by atoms with E-state index >= 15 is 0 Å². The lowest BCUT2D eigenvalue weighted by Crippen LogP contribution is -2.18. The van der Waals surface area contributed by atoms with Crippen molar-refractivity contribution in [3.05, 3.63) is 57.6 Å². The Kier molecular flexibility index (Phi) is 13.4. The second kappa shape index (κ2) is 16.3. The van der Waals surface area contributed by atoms with Crippen LogP contribution in [0.3, 0.4) is 0 Å². The maximum absolute atomic E-state index is 13.2. The number of carboxylic acids is 1. The van der Waals surface area contributed by atoms with Crippen molar-refractivity contribution in [3.63, 3.8) is 0 Å². The van der Waals surface area contributed by atoms with Crippen LogP contribution in [0.1, 0.15) is 123 Å². The molecule has 0 spiro atoms. The first kappa shape index (κ1) is 29.7. The molecule has 6 heteroatoms. The standard InChI is InChI=1S/C30H41ClO5/c1-3-5-7-9-11-13-15-22-19-23(16-14-12-10-8-6-4-2)28(25(20-22)29(33)34)30(35)36-27-18-17-24(31)21-26(27)32/h17-21,32H,3-16H2,1-2H3,(H,33,34). The minimum Gasteiger partial charge on any atom is -0.504 e. The normalized spacial score (nSPS) is 11.0. The lowest BCUT2D eigenvalue weighted by Gasteiger charge is -2.15. The maximum Gasteiger partial charge on any atom is 0.344 e. The van der Waals surface area contributed by atoms with E-state index in [0.717, 1.165) is 44.1 Å². The number of phenols is 1. The molecule has 0 atom stereocenters. The molecule has 0 fully saturated rings. The van der Waals surface area contributed by atoms with E-state index in [0.29, 0.717) is 17.0 Å². The predicted octanol–water partition coefficient (Wildman–Crippen LogP) is 8.77. The average molecular weight is 517 g/mol. The number of benzene rings is 2. The van der Waals surface area contributed by atoms with E-state index in [4.69, 9.17) is 16.3 Å². The second-order valence-corrected chi connectivity index (χ2v) is 9.96. The number of ether oxygens (including phenoxy) is 1. The van der Waals surface area contributed by atoms with E-state index in [1.54, 1.807) is 6.07 Å². The highest BCUT2D eigenvalue weighted by molar-refractivity contribution is 6.30. The van der Waals surface area contributed by atoms with E-state index in [9.17, 15) is 19.8 Å². The van der Waals surface area contributed by atoms with E-state index < -0.39 is 11.9 Å². The molecular formula is C30H41ClO5. The van der Waals surface area contributed by atoms with Crippen LogP contribution in [0.15, 0.2) is 30.3 Å². The summed E-state index contributed by atoms with van der Waals surface area (Å²) in [6, 6.07) is 7.77. The van der Waals surface area contributed by atoms with Gasteiger partial charge in [-0.3, -0.25) is 0 Å². The molecule has 0 aliphatic heterocycles. The van der Waals surface area contributed by atoms with Gasteiger partial charge in [0.05, 0.1) is 11.1 Å². The zero-order valence-corrected chi connectivity index (χ0v) is 22.5. The molecule has 2 aromatic rings. The zero-order chi connectivity index (χ0) is 26.3. The average Bonchev–Trinajstić information content (AvgIpc) is 2.84. The third kappa shape index (κ3) is 9.85. The van der Waals surface area contributed by atoms with Gasteiger partial charge in [-0.25, -0.2) is 9.59 Å². The molecule has 36 heavy (non-hydrogen) atoms. The Balaban J connectivity index is 2.27. The van der Waals surface area contributed by atoms with Crippen molar-refractivity contribution in [3.8, 4) is 11.5 Å². The second-order valence-electron chi connectivity index (χ2n) is 9.52.